The average molecular weight is 188 g/mol. The number of carbonyl (C=O) groups excluding carboxylic acids is 1. The quantitative estimate of drug-likeness (QED) is 0.692. The lowest BCUT2D eigenvalue weighted by Crippen LogP contribution is -2.41. The summed E-state index contributed by atoms with van der Waals surface area (Å²) >= 11 is 0. The Kier molecular flexibility index (Phi) is 2.84. The van der Waals surface area contributed by atoms with Crippen molar-refractivity contribution in [3.05, 3.63) is 35.9 Å². The second-order valence-corrected chi connectivity index (χ2v) is 3.34. The summed E-state index contributed by atoms with van der Waals surface area (Å²) < 4.78 is 5.30. The van der Waals surface area contributed by atoms with E-state index in [1.807, 2.05) is 30.3 Å². The van der Waals surface area contributed by atoms with Crippen LogP contribution in [0.25, 0.3) is 0 Å². The van der Waals surface area contributed by atoms with E-state index in [-0.39, 0.29) is 12.0 Å². The summed E-state index contributed by atoms with van der Waals surface area (Å²) in [7, 11) is 1.37. The maximum Gasteiger partial charge on any atom is 0.438 e. The first kappa shape index (κ1) is 9.28. The number of rotatable bonds is 2. The van der Waals surface area contributed by atoms with E-state index in [9.17, 15) is 4.79 Å². The molecule has 1 heterocycles. The molecule has 0 aromatic heterocycles. The van der Waals surface area contributed by atoms with Gasteiger partial charge < -0.3 is 9.88 Å². The van der Waals surface area contributed by atoms with Gasteiger partial charge in [0.1, 0.15) is 0 Å². The van der Waals surface area contributed by atoms with E-state index in [2.05, 4.69) is 5.23 Å². The van der Waals surface area contributed by atoms with Gasteiger partial charge in [0.15, 0.2) is 0 Å². The van der Waals surface area contributed by atoms with Crippen LogP contribution in [0, 0.1) is 0 Å². The van der Waals surface area contributed by atoms with E-state index in [4.69, 9.17) is 4.65 Å². The van der Waals surface area contributed by atoms with Gasteiger partial charge >= 0.3 is 7.62 Å². The van der Waals surface area contributed by atoms with E-state index >= 15 is 0 Å². The second kappa shape index (κ2) is 4.29. The highest BCUT2D eigenvalue weighted by atomic mass is 16.4. The Hall–Kier alpha value is -1.29. The van der Waals surface area contributed by atoms with E-state index in [1.165, 1.54) is 13.2 Å². The van der Waals surface area contributed by atoms with Crippen molar-refractivity contribution in [1.29, 1.82) is 0 Å². The van der Waals surface area contributed by atoms with Crippen molar-refractivity contribution < 1.29 is 9.45 Å². The highest BCUT2D eigenvalue weighted by Gasteiger charge is 2.20. The molecule has 1 aliphatic rings. The molecule has 14 heavy (non-hydrogen) atoms. The van der Waals surface area contributed by atoms with Crippen LogP contribution >= 0.6 is 0 Å². The van der Waals surface area contributed by atoms with Crippen molar-refractivity contribution in [1.82, 2.24) is 5.23 Å². The minimum Gasteiger partial charge on any atom is -0.415 e. The zero-order valence-corrected chi connectivity index (χ0v) is 7.77. The van der Waals surface area contributed by atoms with Crippen LogP contribution in [-0.4, -0.2) is 19.6 Å². The summed E-state index contributed by atoms with van der Waals surface area (Å²) in [6, 6.07) is 10.0. The SMILES string of the molecule is O=C1CC(Cc2ccccc2)O[B]N1. The van der Waals surface area contributed by atoms with Crippen LogP contribution in [0.2, 0.25) is 0 Å². The molecule has 0 bridgehead atoms. The molecule has 4 heteroatoms. The van der Waals surface area contributed by atoms with Gasteiger partial charge in [0, 0.05) is 0 Å². The van der Waals surface area contributed by atoms with Gasteiger partial charge in [-0.15, -0.1) is 0 Å². The molecule has 1 N–H and O–H groups in total. The van der Waals surface area contributed by atoms with Crippen LogP contribution in [0.1, 0.15) is 12.0 Å². The predicted octanol–water partition coefficient (Wildman–Crippen LogP) is 0.668. The first-order valence-electron chi connectivity index (χ1n) is 4.65. The fraction of sp³-hybridized carbons (Fsp3) is 0.300. The first-order chi connectivity index (χ1) is 6.84. The Morgan fingerprint density at radius 2 is 2.21 bits per heavy atom. The number of hydrogen-bond donors (Lipinski definition) is 1. The van der Waals surface area contributed by atoms with Crippen LogP contribution in [-0.2, 0) is 15.9 Å². The molecule has 0 aliphatic carbocycles. The molecular formula is C10H11BNO2. The highest BCUT2D eigenvalue weighted by Crippen LogP contribution is 2.10. The number of carbonyl (C=O) groups is 1. The van der Waals surface area contributed by atoms with Crippen molar-refractivity contribution in [2.45, 2.75) is 18.9 Å². The minimum absolute atomic E-state index is 0.0221. The van der Waals surface area contributed by atoms with Gasteiger partial charge in [0.25, 0.3) is 0 Å². The van der Waals surface area contributed by atoms with Gasteiger partial charge in [0.2, 0.25) is 5.91 Å². The van der Waals surface area contributed by atoms with E-state index in [1.54, 1.807) is 0 Å². The summed E-state index contributed by atoms with van der Waals surface area (Å²) in [6.45, 7) is 0. The molecule has 1 saturated heterocycles. The third-order valence-corrected chi connectivity index (χ3v) is 2.20. The number of hydrogen-bond acceptors (Lipinski definition) is 2. The van der Waals surface area contributed by atoms with Crippen LogP contribution in [0.5, 0.6) is 0 Å². The Morgan fingerprint density at radius 3 is 2.93 bits per heavy atom. The lowest BCUT2D eigenvalue weighted by Gasteiger charge is -2.21. The van der Waals surface area contributed by atoms with E-state index < -0.39 is 0 Å². The number of benzene rings is 1. The molecule has 0 spiro atoms. The standard InChI is InChI=1S/C10H11BNO2/c13-10-7-9(14-11-12-10)6-8-4-2-1-3-5-8/h1-5,9H,6-7H2,(H,12,13). The zero-order valence-electron chi connectivity index (χ0n) is 7.77. The Labute approximate surface area is 83.8 Å². The largest absolute Gasteiger partial charge is 0.438 e. The Balaban J connectivity index is 1.94. The second-order valence-electron chi connectivity index (χ2n) is 3.34. The lowest BCUT2D eigenvalue weighted by molar-refractivity contribution is -0.122. The van der Waals surface area contributed by atoms with Crippen LogP contribution in [0.3, 0.4) is 0 Å². The molecular weight excluding hydrogens is 177 g/mol. The monoisotopic (exact) mass is 188 g/mol. The third kappa shape index (κ3) is 2.36. The summed E-state index contributed by atoms with van der Waals surface area (Å²) in [5, 5.41) is 2.51. The van der Waals surface area contributed by atoms with Crippen molar-refractivity contribution in [2.24, 2.45) is 0 Å². The molecule has 1 aromatic rings. The highest BCUT2D eigenvalue weighted by molar-refractivity contribution is 6.30. The van der Waals surface area contributed by atoms with Gasteiger partial charge in [-0.1, -0.05) is 30.3 Å². The fourth-order valence-electron chi connectivity index (χ4n) is 1.51. The molecule has 1 aliphatic heterocycles. The van der Waals surface area contributed by atoms with Crippen LogP contribution < -0.4 is 5.23 Å². The van der Waals surface area contributed by atoms with Crippen molar-refractivity contribution in [2.75, 3.05) is 0 Å². The molecule has 3 nitrogen and oxygen atoms in total. The molecule has 71 valence electrons. The van der Waals surface area contributed by atoms with Crippen molar-refractivity contribution in [3.8, 4) is 0 Å². The summed E-state index contributed by atoms with van der Waals surface area (Å²) in [4.78, 5) is 11.0. The smallest absolute Gasteiger partial charge is 0.415 e. The van der Waals surface area contributed by atoms with Gasteiger partial charge in [-0.25, -0.2) is 0 Å². The predicted molar refractivity (Wildman–Crippen MR) is 53.5 cm³/mol. The van der Waals surface area contributed by atoms with Gasteiger partial charge in [-0.05, 0) is 12.0 Å². The summed E-state index contributed by atoms with van der Waals surface area (Å²) in [5.74, 6) is 0.0252. The van der Waals surface area contributed by atoms with Crippen LogP contribution in [0.4, 0.5) is 0 Å². The Bertz CT molecular complexity index is 315. The molecule has 0 saturated carbocycles. The maximum absolute atomic E-state index is 11.0. The summed E-state index contributed by atoms with van der Waals surface area (Å²) in [5.41, 5.74) is 1.20. The normalized spacial score (nSPS) is 21.1. The Morgan fingerprint density at radius 1 is 1.43 bits per heavy atom. The van der Waals surface area contributed by atoms with Gasteiger partial charge in [0.05, 0.1) is 12.5 Å². The van der Waals surface area contributed by atoms with Crippen molar-refractivity contribution in [3.63, 3.8) is 0 Å². The first-order valence-corrected chi connectivity index (χ1v) is 4.65. The average Bonchev–Trinajstić information content (AvgIpc) is 2.19. The number of nitrogens with one attached hydrogen (secondary N) is 1. The molecule has 2 rings (SSSR count). The van der Waals surface area contributed by atoms with Crippen molar-refractivity contribution >= 4 is 13.5 Å². The van der Waals surface area contributed by atoms with E-state index in [0.29, 0.717) is 6.42 Å². The van der Waals surface area contributed by atoms with Gasteiger partial charge in [-0.2, -0.15) is 0 Å². The van der Waals surface area contributed by atoms with Gasteiger partial charge in [-0.3, -0.25) is 4.79 Å². The summed E-state index contributed by atoms with van der Waals surface area (Å²) in [6.07, 6.45) is 1.20. The molecule has 1 radical (unpaired) electrons. The zero-order chi connectivity index (χ0) is 9.80. The minimum atomic E-state index is -0.0221. The van der Waals surface area contributed by atoms with E-state index in [0.717, 1.165) is 6.42 Å². The fourth-order valence-corrected chi connectivity index (χ4v) is 1.51. The molecule has 1 fully saturated rings. The molecule has 1 amide bonds. The molecule has 1 aromatic carbocycles. The molecule has 1 unspecified atom stereocenters. The van der Waals surface area contributed by atoms with Crippen LogP contribution in [0.15, 0.2) is 30.3 Å². The number of amides is 1. The maximum atomic E-state index is 11.0. The lowest BCUT2D eigenvalue weighted by atomic mass is 10.0. The third-order valence-electron chi connectivity index (χ3n) is 2.20. The topological polar surface area (TPSA) is 38.3 Å². The molecule has 1 atom stereocenters.